The van der Waals surface area contributed by atoms with E-state index in [0.29, 0.717) is 6.04 Å². The number of pyridine rings is 1. The molecule has 0 aliphatic carbocycles. The van der Waals surface area contributed by atoms with E-state index in [1.807, 2.05) is 0 Å². The number of anilines is 1. The van der Waals surface area contributed by atoms with Gasteiger partial charge in [0.05, 0.1) is 6.04 Å². The summed E-state index contributed by atoms with van der Waals surface area (Å²) in [5.74, 6) is 1.04. The Morgan fingerprint density at radius 1 is 1.40 bits per heavy atom. The molecule has 4 heteroatoms. The smallest absolute Gasteiger partial charge is 0.129 e. The number of hydrogen-bond donors (Lipinski definition) is 1. The second-order valence-corrected chi connectivity index (χ2v) is 6.04. The summed E-state index contributed by atoms with van der Waals surface area (Å²) in [5.41, 5.74) is 2.36. The Morgan fingerprint density at radius 3 is 2.85 bits per heavy atom. The summed E-state index contributed by atoms with van der Waals surface area (Å²) in [6.45, 7) is 8.29. The van der Waals surface area contributed by atoms with E-state index in [-0.39, 0.29) is 0 Å². The van der Waals surface area contributed by atoms with Gasteiger partial charge in [-0.2, -0.15) is 0 Å². The fourth-order valence-electron chi connectivity index (χ4n) is 2.19. The molecule has 0 bridgehead atoms. The van der Waals surface area contributed by atoms with Crippen molar-refractivity contribution in [2.45, 2.75) is 33.4 Å². The van der Waals surface area contributed by atoms with E-state index < -0.39 is 0 Å². The third-order valence-corrected chi connectivity index (χ3v) is 4.52. The van der Waals surface area contributed by atoms with Crippen LogP contribution in [0.2, 0.25) is 0 Å². The summed E-state index contributed by atoms with van der Waals surface area (Å²) in [4.78, 5) is 8.28. The van der Waals surface area contributed by atoms with E-state index in [1.165, 1.54) is 10.4 Å². The minimum absolute atomic E-state index is 0.344. The Morgan fingerprint density at radius 2 is 2.20 bits per heavy atom. The van der Waals surface area contributed by atoms with Crippen LogP contribution in [0.15, 0.2) is 29.6 Å². The predicted octanol–water partition coefficient (Wildman–Crippen LogP) is 3.76. The second kappa shape index (κ2) is 6.86. The molecule has 1 atom stereocenters. The van der Waals surface area contributed by atoms with Crippen molar-refractivity contribution in [1.82, 2.24) is 10.3 Å². The summed E-state index contributed by atoms with van der Waals surface area (Å²) in [7, 11) is 2.11. The number of hydrogen-bond acceptors (Lipinski definition) is 4. The third kappa shape index (κ3) is 3.58. The normalized spacial score (nSPS) is 12.4. The van der Waals surface area contributed by atoms with Gasteiger partial charge in [-0.05, 0) is 49.5 Å². The maximum atomic E-state index is 4.68. The first-order valence-electron chi connectivity index (χ1n) is 7.06. The Kier molecular flexibility index (Phi) is 5.15. The molecule has 0 radical (unpaired) electrons. The van der Waals surface area contributed by atoms with Crippen molar-refractivity contribution < 1.29 is 0 Å². The monoisotopic (exact) mass is 289 g/mol. The molecule has 0 aliphatic rings. The van der Waals surface area contributed by atoms with E-state index in [1.54, 1.807) is 11.3 Å². The van der Waals surface area contributed by atoms with Gasteiger partial charge < -0.3 is 10.2 Å². The number of thiophene rings is 1. The van der Waals surface area contributed by atoms with Crippen molar-refractivity contribution in [3.8, 4) is 0 Å². The summed E-state index contributed by atoms with van der Waals surface area (Å²) in [6, 6.07) is 8.96. The van der Waals surface area contributed by atoms with Crippen LogP contribution in [0.4, 0.5) is 5.82 Å². The number of aryl methyl sites for hydroxylation is 1. The van der Waals surface area contributed by atoms with Crippen molar-refractivity contribution in [1.29, 1.82) is 0 Å². The molecule has 0 aliphatic heterocycles. The molecule has 2 rings (SSSR count). The Labute approximate surface area is 125 Å². The molecule has 0 saturated heterocycles. The Bertz CT molecular complexity index is 537. The number of nitrogens with zero attached hydrogens (tertiary/aromatic N) is 2. The molecule has 0 fully saturated rings. The zero-order valence-corrected chi connectivity index (χ0v) is 13.5. The molecule has 1 N–H and O–H groups in total. The van der Waals surface area contributed by atoms with E-state index in [0.717, 1.165) is 24.6 Å². The van der Waals surface area contributed by atoms with Gasteiger partial charge in [0.1, 0.15) is 5.82 Å². The molecule has 0 spiro atoms. The molecule has 2 aromatic heterocycles. The van der Waals surface area contributed by atoms with Gasteiger partial charge in [-0.25, -0.2) is 4.98 Å². The van der Waals surface area contributed by atoms with E-state index in [4.69, 9.17) is 0 Å². The zero-order valence-electron chi connectivity index (χ0n) is 12.7. The molecule has 0 amide bonds. The fraction of sp³-hybridized carbons (Fsp3) is 0.438. The lowest BCUT2D eigenvalue weighted by atomic mass is 10.2. The molecule has 2 aromatic rings. The molecule has 108 valence electrons. The highest BCUT2D eigenvalue weighted by molar-refractivity contribution is 7.10. The summed E-state index contributed by atoms with van der Waals surface area (Å²) < 4.78 is 0. The molecule has 3 nitrogen and oxygen atoms in total. The number of rotatable bonds is 6. The molecule has 1 unspecified atom stereocenters. The van der Waals surface area contributed by atoms with E-state index >= 15 is 0 Å². The van der Waals surface area contributed by atoms with Crippen LogP contribution in [0, 0.1) is 6.92 Å². The van der Waals surface area contributed by atoms with Crippen LogP contribution in [0.1, 0.15) is 36.0 Å². The van der Waals surface area contributed by atoms with Crippen molar-refractivity contribution in [3.63, 3.8) is 0 Å². The average Bonchev–Trinajstić information content (AvgIpc) is 2.97. The second-order valence-electron chi connectivity index (χ2n) is 5.06. The number of nitrogens with one attached hydrogen (secondary N) is 1. The molecule has 20 heavy (non-hydrogen) atoms. The summed E-state index contributed by atoms with van der Waals surface area (Å²) in [6.07, 6.45) is 0. The summed E-state index contributed by atoms with van der Waals surface area (Å²) >= 11 is 1.79. The van der Waals surface area contributed by atoms with E-state index in [2.05, 4.69) is 72.7 Å². The zero-order chi connectivity index (χ0) is 14.5. The molecule has 2 heterocycles. The number of aromatic nitrogens is 1. The minimum Gasteiger partial charge on any atom is -0.352 e. The average molecular weight is 289 g/mol. The highest BCUT2D eigenvalue weighted by Crippen LogP contribution is 2.27. The van der Waals surface area contributed by atoms with Crippen LogP contribution in [-0.4, -0.2) is 18.6 Å². The van der Waals surface area contributed by atoms with Crippen LogP contribution in [-0.2, 0) is 6.54 Å². The van der Waals surface area contributed by atoms with Gasteiger partial charge in [0, 0.05) is 24.2 Å². The first-order valence-corrected chi connectivity index (χ1v) is 7.94. The topological polar surface area (TPSA) is 28.2 Å². The Hall–Kier alpha value is -1.39. The SMILES string of the molecule is CCNCc1cc(C)nc(N(C)C(C)c2cccs2)c1. The van der Waals surface area contributed by atoms with E-state index in [9.17, 15) is 0 Å². The van der Waals surface area contributed by atoms with Crippen molar-refractivity contribution in [2.75, 3.05) is 18.5 Å². The van der Waals surface area contributed by atoms with Crippen molar-refractivity contribution >= 4 is 17.2 Å². The van der Waals surface area contributed by atoms with Gasteiger partial charge in [0.2, 0.25) is 0 Å². The predicted molar refractivity (Wildman–Crippen MR) is 87.5 cm³/mol. The quantitative estimate of drug-likeness (QED) is 0.877. The maximum absolute atomic E-state index is 4.68. The van der Waals surface area contributed by atoms with Crippen LogP contribution in [0.25, 0.3) is 0 Å². The Balaban J connectivity index is 2.20. The lowest BCUT2D eigenvalue weighted by Gasteiger charge is -2.26. The standard InChI is InChI=1S/C16H23N3S/c1-5-17-11-14-9-12(2)18-16(10-14)19(4)13(3)15-7-6-8-20-15/h6-10,13,17H,5,11H2,1-4H3. The van der Waals surface area contributed by atoms with Gasteiger partial charge in [0.15, 0.2) is 0 Å². The van der Waals surface area contributed by atoms with Crippen LogP contribution >= 0.6 is 11.3 Å². The third-order valence-electron chi connectivity index (χ3n) is 3.48. The van der Waals surface area contributed by atoms with Gasteiger partial charge in [-0.1, -0.05) is 13.0 Å². The molecular formula is C16H23N3S. The van der Waals surface area contributed by atoms with Crippen LogP contribution in [0.3, 0.4) is 0 Å². The van der Waals surface area contributed by atoms with Gasteiger partial charge >= 0.3 is 0 Å². The first-order chi connectivity index (χ1) is 9.61. The van der Waals surface area contributed by atoms with Gasteiger partial charge in [0.25, 0.3) is 0 Å². The molecular weight excluding hydrogens is 266 g/mol. The maximum Gasteiger partial charge on any atom is 0.129 e. The molecule has 0 aromatic carbocycles. The van der Waals surface area contributed by atoms with Gasteiger partial charge in [-0.3, -0.25) is 0 Å². The lowest BCUT2D eigenvalue weighted by Crippen LogP contribution is -2.22. The highest BCUT2D eigenvalue weighted by Gasteiger charge is 2.15. The van der Waals surface area contributed by atoms with Crippen LogP contribution in [0.5, 0.6) is 0 Å². The molecule has 0 saturated carbocycles. The van der Waals surface area contributed by atoms with Crippen molar-refractivity contribution in [2.24, 2.45) is 0 Å². The lowest BCUT2D eigenvalue weighted by molar-refractivity contribution is 0.716. The first kappa shape index (κ1) is 15.0. The van der Waals surface area contributed by atoms with Gasteiger partial charge in [-0.15, -0.1) is 11.3 Å². The van der Waals surface area contributed by atoms with Crippen molar-refractivity contribution in [3.05, 3.63) is 45.8 Å². The van der Waals surface area contributed by atoms with Crippen LogP contribution < -0.4 is 10.2 Å². The fourth-order valence-corrected chi connectivity index (χ4v) is 3.02. The minimum atomic E-state index is 0.344. The summed E-state index contributed by atoms with van der Waals surface area (Å²) in [5, 5.41) is 5.50. The largest absolute Gasteiger partial charge is 0.352 e. The highest BCUT2D eigenvalue weighted by atomic mass is 32.1.